The highest BCUT2D eigenvalue weighted by Crippen LogP contribution is 2.34. The summed E-state index contributed by atoms with van der Waals surface area (Å²) in [6.45, 7) is 0. The lowest BCUT2D eigenvalue weighted by molar-refractivity contribution is -0.00000639. The summed E-state index contributed by atoms with van der Waals surface area (Å²) in [4.78, 5) is 0. The molecule has 0 amide bonds. The minimum atomic E-state index is 0. The minimum Gasteiger partial charge on any atom is -1.00 e. The molecule has 0 aliphatic carbocycles. The van der Waals surface area contributed by atoms with Crippen LogP contribution in [0.15, 0.2) is 115 Å². The van der Waals surface area contributed by atoms with E-state index in [1.165, 1.54) is 49.8 Å². The van der Waals surface area contributed by atoms with Crippen LogP contribution in [0.25, 0.3) is 44.2 Å². The number of fused-ring (bicyclic) bond motifs is 1. The summed E-state index contributed by atoms with van der Waals surface area (Å²) in [5.41, 5.74) is 8.82. The first-order valence-electron chi connectivity index (χ1n) is 11.1. The molecule has 0 aliphatic rings. The number of hydrogen-bond donors (Lipinski definition) is 0. The Balaban J connectivity index is 0.00000259. The third kappa shape index (κ3) is 4.87. The zero-order valence-corrected chi connectivity index (χ0v) is 21.5. The molecule has 5 aromatic carbocycles. The van der Waals surface area contributed by atoms with Crippen LogP contribution >= 0.6 is 0 Å². The minimum absolute atomic E-state index is 0. The summed E-state index contributed by atoms with van der Waals surface area (Å²) in [6.07, 6.45) is 0. The van der Waals surface area contributed by atoms with E-state index in [0.717, 1.165) is 4.48 Å². The summed E-state index contributed by atoms with van der Waals surface area (Å²) in [5.74, 6) is 0. The molecule has 1 nitrogen and oxygen atoms in total. The van der Waals surface area contributed by atoms with Gasteiger partial charge in [0.2, 0.25) is 0 Å². The molecule has 33 heavy (non-hydrogen) atoms. The molecule has 2 heteroatoms. The van der Waals surface area contributed by atoms with Gasteiger partial charge < -0.3 is 24.0 Å². The predicted octanol–water partition coefficient (Wildman–Crippen LogP) is 5.04. The Morgan fingerprint density at radius 1 is 0.455 bits per heavy atom. The van der Waals surface area contributed by atoms with Gasteiger partial charge in [0, 0.05) is 6.07 Å². The van der Waals surface area contributed by atoms with Crippen molar-refractivity contribution in [2.75, 3.05) is 21.1 Å². The lowest BCUT2D eigenvalue weighted by Crippen LogP contribution is -3.00. The maximum absolute atomic E-state index is 2.31. The standard InChI is InChI=1S/C31H28N.HI/c1-32(2,3)29-16-8-13-25(22-29)26-18-19-31-28(21-26)15-9-17-30(31)27-14-7-12-24(20-27)23-10-5-4-6-11-23;/h4-22H,1-3H3;1H/q+1;/p-1. The molecular weight excluding hydrogens is 513 g/mol. The lowest BCUT2D eigenvalue weighted by atomic mass is 9.93. The van der Waals surface area contributed by atoms with Crippen LogP contribution in [0.1, 0.15) is 0 Å². The molecule has 0 aliphatic heterocycles. The number of benzene rings is 5. The van der Waals surface area contributed by atoms with Gasteiger partial charge in [-0.05, 0) is 62.4 Å². The monoisotopic (exact) mass is 541 g/mol. The molecule has 5 rings (SSSR count). The largest absolute Gasteiger partial charge is 1.00 e. The number of halogens is 1. The second-order valence-electron chi connectivity index (χ2n) is 9.25. The zero-order chi connectivity index (χ0) is 22.1. The highest BCUT2D eigenvalue weighted by molar-refractivity contribution is 5.99. The fourth-order valence-electron chi connectivity index (χ4n) is 4.31. The quantitative estimate of drug-likeness (QED) is 0.221. The summed E-state index contributed by atoms with van der Waals surface area (Å²) in [6, 6.07) is 41.7. The van der Waals surface area contributed by atoms with Gasteiger partial charge in [0.05, 0.1) is 21.1 Å². The molecule has 164 valence electrons. The summed E-state index contributed by atoms with van der Waals surface area (Å²) >= 11 is 0. The molecule has 0 saturated heterocycles. The average molecular weight is 541 g/mol. The smallest absolute Gasteiger partial charge is 0.132 e. The van der Waals surface area contributed by atoms with E-state index in [-0.39, 0.29) is 24.0 Å². The normalized spacial score (nSPS) is 11.2. The number of quaternary nitrogens is 1. The molecule has 0 heterocycles. The molecule has 0 radical (unpaired) electrons. The predicted molar refractivity (Wildman–Crippen MR) is 140 cm³/mol. The van der Waals surface area contributed by atoms with Crippen LogP contribution in [-0.4, -0.2) is 21.1 Å². The molecule has 0 N–H and O–H groups in total. The molecular formula is C31H28IN. The van der Waals surface area contributed by atoms with Crippen molar-refractivity contribution in [1.82, 2.24) is 4.48 Å². The summed E-state index contributed by atoms with van der Waals surface area (Å²) < 4.78 is 0.809. The van der Waals surface area contributed by atoms with Gasteiger partial charge >= 0.3 is 0 Å². The highest BCUT2D eigenvalue weighted by Gasteiger charge is 2.13. The Labute approximate surface area is 213 Å². The van der Waals surface area contributed by atoms with Crippen LogP contribution in [0.4, 0.5) is 5.69 Å². The van der Waals surface area contributed by atoms with Crippen molar-refractivity contribution >= 4 is 16.5 Å². The maximum atomic E-state index is 2.31. The van der Waals surface area contributed by atoms with Crippen LogP contribution < -0.4 is 28.5 Å². The van der Waals surface area contributed by atoms with Crippen molar-refractivity contribution in [3.05, 3.63) is 115 Å². The van der Waals surface area contributed by atoms with E-state index in [9.17, 15) is 0 Å². The van der Waals surface area contributed by atoms with Crippen LogP contribution in [-0.2, 0) is 0 Å². The first-order chi connectivity index (χ1) is 15.5. The van der Waals surface area contributed by atoms with Crippen molar-refractivity contribution < 1.29 is 24.0 Å². The Kier molecular flexibility index (Phi) is 6.68. The third-order valence-electron chi connectivity index (χ3n) is 6.12. The highest BCUT2D eigenvalue weighted by atomic mass is 127. The van der Waals surface area contributed by atoms with Crippen LogP contribution in [0.3, 0.4) is 0 Å². The van der Waals surface area contributed by atoms with Crippen LogP contribution in [0, 0.1) is 0 Å². The van der Waals surface area contributed by atoms with E-state index in [0.29, 0.717) is 0 Å². The summed E-state index contributed by atoms with van der Waals surface area (Å²) in [5, 5.41) is 2.55. The number of rotatable bonds is 4. The fourth-order valence-corrected chi connectivity index (χ4v) is 4.31. The van der Waals surface area contributed by atoms with Gasteiger partial charge in [-0.15, -0.1) is 0 Å². The third-order valence-corrected chi connectivity index (χ3v) is 6.12. The summed E-state index contributed by atoms with van der Waals surface area (Å²) in [7, 11) is 6.61. The van der Waals surface area contributed by atoms with Gasteiger partial charge in [-0.3, -0.25) is 4.48 Å². The van der Waals surface area contributed by atoms with Gasteiger partial charge in [0.15, 0.2) is 0 Å². The van der Waals surface area contributed by atoms with Gasteiger partial charge in [0.25, 0.3) is 0 Å². The topological polar surface area (TPSA) is 0 Å². The van der Waals surface area contributed by atoms with E-state index in [1.807, 2.05) is 0 Å². The van der Waals surface area contributed by atoms with Gasteiger partial charge in [-0.25, -0.2) is 0 Å². The number of nitrogens with zero attached hydrogens (tertiary/aromatic N) is 1. The van der Waals surface area contributed by atoms with E-state index < -0.39 is 0 Å². The van der Waals surface area contributed by atoms with Gasteiger partial charge in [-0.1, -0.05) is 91.0 Å². The lowest BCUT2D eigenvalue weighted by Gasteiger charge is -2.23. The first kappa shape index (κ1) is 23.2. The Morgan fingerprint density at radius 3 is 1.82 bits per heavy atom. The average Bonchev–Trinajstić information content (AvgIpc) is 2.83. The molecule has 5 aromatic rings. The van der Waals surface area contributed by atoms with Gasteiger partial charge in [-0.2, -0.15) is 0 Å². The van der Waals surface area contributed by atoms with Crippen LogP contribution in [0.5, 0.6) is 0 Å². The molecule has 0 unspecified atom stereocenters. The Hall–Kier alpha value is -2.95. The van der Waals surface area contributed by atoms with Crippen molar-refractivity contribution in [2.24, 2.45) is 0 Å². The molecule has 0 bridgehead atoms. The van der Waals surface area contributed by atoms with E-state index in [4.69, 9.17) is 0 Å². The van der Waals surface area contributed by atoms with Crippen molar-refractivity contribution in [3.63, 3.8) is 0 Å². The van der Waals surface area contributed by atoms with E-state index in [2.05, 4.69) is 136 Å². The van der Waals surface area contributed by atoms with Gasteiger partial charge in [0.1, 0.15) is 5.69 Å². The molecule has 0 saturated carbocycles. The molecule has 0 atom stereocenters. The maximum Gasteiger partial charge on any atom is 0.132 e. The first-order valence-corrected chi connectivity index (χ1v) is 11.1. The van der Waals surface area contributed by atoms with E-state index in [1.54, 1.807) is 0 Å². The second kappa shape index (κ2) is 9.50. The Bertz CT molecular complexity index is 1400. The van der Waals surface area contributed by atoms with Crippen molar-refractivity contribution in [3.8, 4) is 33.4 Å². The molecule has 0 spiro atoms. The van der Waals surface area contributed by atoms with Crippen molar-refractivity contribution in [1.29, 1.82) is 0 Å². The fraction of sp³-hybridized carbons (Fsp3) is 0.0968. The van der Waals surface area contributed by atoms with Crippen molar-refractivity contribution in [2.45, 2.75) is 0 Å². The second-order valence-corrected chi connectivity index (χ2v) is 9.25. The van der Waals surface area contributed by atoms with Crippen LogP contribution in [0.2, 0.25) is 0 Å². The molecule has 0 aromatic heterocycles. The molecule has 0 fully saturated rings. The number of hydrogen-bond acceptors (Lipinski definition) is 0. The zero-order valence-electron chi connectivity index (χ0n) is 19.3. The SMILES string of the molecule is C[N+](C)(C)c1cccc(-c2ccc3c(-c4cccc(-c5ccccc5)c4)cccc3c2)c1.[I-]. The Morgan fingerprint density at radius 2 is 1.06 bits per heavy atom. The van der Waals surface area contributed by atoms with E-state index >= 15 is 0 Å².